The molecule has 0 spiro atoms. The second-order valence-electron chi connectivity index (χ2n) is 7.45. The van der Waals surface area contributed by atoms with Crippen LogP contribution in [0.4, 0.5) is 5.69 Å². The highest BCUT2D eigenvalue weighted by Gasteiger charge is 2.17. The van der Waals surface area contributed by atoms with E-state index in [1.54, 1.807) is 0 Å². The summed E-state index contributed by atoms with van der Waals surface area (Å²) in [5.41, 5.74) is 2.54. The van der Waals surface area contributed by atoms with Crippen molar-refractivity contribution in [3.05, 3.63) is 23.8 Å². The fraction of sp³-hybridized carbons (Fsp3) is 0.700. The number of ether oxygens (including phenoxy) is 1. The third-order valence-electron chi connectivity index (χ3n) is 5.12. The van der Waals surface area contributed by atoms with Crippen LogP contribution < -0.4 is 15.4 Å². The van der Waals surface area contributed by atoms with Crippen LogP contribution in [0.2, 0.25) is 0 Å². The third-order valence-corrected chi connectivity index (χ3v) is 5.12. The molecular formula is C20H32N2O. The van der Waals surface area contributed by atoms with E-state index in [4.69, 9.17) is 4.74 Å². The van der Waals surface area contributed by atoms with Crippen LogP contribution in [0, 0.1) is 0 Å². The van der Waals surface area contributed by atoms with Crippen molar-refractivity contribution in [2.45, 2.75) is 83.4 Å². The molecule has 2 N–H and O–H groups in total. The normalized spacial score (nSPS) is 23.8. The number of anilines is 1. The van der Waals surface area contributed by atoms with Crippen molar-refractivity contribution >= 4 is 5.69 Å². The molecule has 1 aromatic carbocycles. The van der Waals surface area contributed by atoms with Crippen LogP contribution in [0.3, 0.4) is 0 Å². The average Bonchev–Trinajstić information content (AvgIpc) is 2.50. The molecule has 128 valence electrons. The zero-order valence-electron chi connectivity index (χ0n) is 14.7. The molecule has 0 bridgehead atoms. The zero-order valence-corrected chi connectivity index (χ0v) is 14.7. The quantitative estimate of drug-likeness (QED) is 0.857. The highest BCUT2D eigenvalue weighted by atomic mass is 16.5. The molecule has 2 unspecified atom stereocenters. The molecule has 1 aliphatic heterocycles. The molecule has 2 atom stereocenters. The fourth-order valence-corrected chi connectivity index (χ4v) is 3.89. The van der Waals surface area contributed by atoms with E-state index in [9.17, 15) is 0 Å². The number of hydrogen-bond donors (Lipinski definition) is 2. The van der Waals surface area contributed by atoms with Crippen LogP contribution in [-0.4, -0.2) is 24.7 Å². The summed E-state index contributed by atoms with van der Waals surface area (Å²) >= 11 is 0. The summed E-state index contributed by atoms with van der Waals surface area (Å²) in [5.74, 6) is 0.994. The van der Waals surface area contributed by atoms with Gasteiger partial charge in [0.25, 0.3) is 0 Å². The maximum absolute atomic E-state index is 5.86. The van der Waals surface area contributed by atoms with Gasteiger partial charge < -0.3 is 15.4 Å². The van der Waals surface area contributed by atoms with Gasteiger partial charge in [-0.1, -0.05) is 38.2 Å². The third kappa shape index (κ3) is 4.87. The maximum Gasteiger partial charge on any atom is 0.142 e. The van der Waals surface area contributed by atoms with Crippen molar-refractivity contribution in [1.82, 2.24) is 5.32 Å². The van der Waals surface area contributed by atoms with Crippen molar-refractivity contribution in [2.24, 2.45) is 0 Å². The van der Waals surface area contributed by atoms with Crippen LogP contribution in [0.15, 0.2) is 18.2 Å². The molecule has 3 heteroatoms. The summed E-state index contributed by atoms with van der Waals surface area (Å²) in [6.45, 7) is 5.32. The van der Waals surface area contributed by atoms with Gasteiger partial charge in [-0.2, -0.15) is 0 Å². The second kappa shape index (κ2) is 8.05. The molecular weight excluding hydrogens is 284 g/mol. The molecule has 3 nitrogen and oxygen atoms in total. The SMILES string of the molecule is CC(Cc1ccc2c(c1)NCC(C)O2)NC1CCCCCCC1. The second-order valence-corrected chi connectivity index (χ2v) is 7.45. The summed E-state index contributed by atoms with van der Waals surface area (Å²) in [4.78, 5) is 0. The van der Waals surface area contributed by atoms with Gasteiger partial charge in [0.2, 0.25) is 0 Å². The summed E-state index contributed by atoms with van der Waals surface area (Å²) in [5, 5.41) is 7.35. The lowest BCUT2D eigenvalue weighted by molar-refractivity contribution is 0.226. The standard InChI is InChI=1S/C20H32N2O/c1-15(22-18-8-6-4-3-5-7-9-18)12-17-10-11-20-19(13-17)21-14-16(2)23-20/h10-11,13,15-16,18,21-22H,3-9,12,14H2,1-2H3. The fourth-order valence-electron chi connectivity index (χ4n) is 3.89. The largest absolute Gasteiger partial charge is 0.487 e. The predicted molar refractivity (Wildman–Crippen MR) is 97.4 cm³/mol. The van der Waals surface area contributed by atoms with E-state index in [2.05, 4.69) is 42.7 Å². The van der Waals surface area contributed by atoms with Crippen LogP contribution in [-0.2, 0) is 6.42 Å². The first kappa shape index (κ1) is 16.6. The smallest absolute Gasteiger partial charge is 0.142 e. The number of rotatable bonds is 4. The van der Waals surface area contributed by atoms with Gasteiger partial charge in [-0.3, -0.25) is 0 Å². The Bertz CT molecular complexity index is 494. The van der Waals surface area contributed by atoms with Gasteiger partial charge in [-0.05, 0) is 50.8 Å². The van der Waals surface area contributed by atoms with E-state index in [-0.39, 0.29) is 6.10 Å². The van der Waals surface area contributed by atoms with Gasteiger partial charge in [0.05, 0.1) is 12.2 Å². The number of hydrogen-bond acceptors (Lipinski definition) is 3. The van der Waals surface area contributed by atoms with E-state index in [1.165, 1.54) is 50.5 Å². The minimum atomic E-state index is 0.258. The van der Waals surface area contributed by atoms with E-state index < -0.39 is 0 Å². The molecule has 1 aliphatic carbocycles. The van der Waals surface area contributed by atoms with Crippen LogP contribution >= 0.6 is 0 Å². The minimum absolute atomic E-state index is 0.258. The molecule has 3 rings (SSSR count). The molecule has 0 saturated heterocycles. The molecule has 23 heavy (non-hydrogen) atoms. The van der Waals surface area contributed by atoms with Crippen LogP contribution in [0.5, 0.6) is 5.75 Å². The maximum atomic E-state index is 5.86. The van der Waals surface area contributed by atoms with Gasteiger partial charge >= 0.3 is 0 Å². The Hall–Kier alpha value is -1.22. The Labute approximate surface area is 141 Å². The lowest BCUT2D eigenvalue weighted by Crippen LogP contribution is -2.38. The minimum Gasteiger partial charge on any atom is -0.487 e. The van der Waals surface area contributed by atoms with Gasteiger partial charge in [0.1, 0.15) is 11.9 Å². The summed E-state index contributed by atoms with van der Waals surface area (Å²) in [6, 6.07) is 7.84. The lowest BCUT2D eigenvalue weighted by atomic mass is 9.95. The van der Waals surface area contributed by atoms with Gasteiger partial charge in [-0.25, -0.2) is 0 Å². The van der Waals surface area contributed by atoms with Crippen molar-refractivity contribution in [1.29, 1.82) is 0 Å². The Kier molecular flexibility index (Phi) is 5.82. The Morgan fingerprint density at radius 1 is 1.17 bits per heavy atom. The monoisotopic (exact) mass is 316 g/mol. The average molecular weight is 316 g/mol. The highest BCUT2D eigenvalue weighted by Crippen LogP contribution is 2.30. The molecule has 1 heterocycles. The topological polar surface area (TPSA) is 33.3 Å². The molecule has 1 aromatic rings. The first-order chi connectivity index (χ1) is 11.2. The first-order valence-electron chi connectivity index (χ1n) is 9.50. The van der Waals surface area contributed by atoms with Crippen molar-refractivity contribution in [3.63, 3.8) is 0 Å². The predicted octanol–water partition coefficient (Wildman–Crippen LogP) is 4.51. The Balaban J connectivity index is 1.54. The Morgan fingerprint density at radius 2 is 1.91 bits per heavy atom. The first-order valence-corrected chi connectivity index (χ1v) is 9.50. The van der Waals surface area contributed by atoms with Crippen LogP contribution in [0.1, 0.15) is 64.4 Å². The number of benzene rings is 1. The number of fused-ring (bicyclic) bond motifs is 1. The molecule has 1 saturated carbocycles. The van der Waals surface area contributed by atoms with E-state index in [1.807, 2.05) is 0 Å². The molecule has 0 aromatic heterocycles. The van der Waals surface area contributed by atoms with Gasteiger partial charge in [0.15, 0.2) is 0 Å². The summed E-state index contributed by atoms with van der Waals surface area (Å²) in [7, 11) is 0. The molecule has 1 fully saturated rings. The van der Waals surface area contributed by atoms with E-state index in [0.717, 1.165) is 24.4 Å². The van der Waals surface area contributed by atoms with E-state index >= 15 is 0 Å². The van der Waals surface area contributed by atoms with E-state index in [0.29, 0.717) is 12.1 Å². The van der Waals surface area contributed by atoms with Gasteiger partial charge in [-0.15, -0.1) is 0 Å². The van der Waals surface area contributed by atoms with Crippen molar-refractivity contribution < 1.29 is 4.74 Å². The summed E-state index contributed by atoms with van der Waals surface area (Å²) in [6.07, 6.45) is 11.1. The molecule has 0 amide bonds. The van der Waals surface area contributed by atoms with Crippen molar-refractivity contribution in [3.8, 4) is 5.75 Å². The highest BCUT2D eigenvalue weighted by molar-refractivity contribution is 5.59. The number of nitrogens with one attached hydrogen (secondary N) is 2. The van der Waals surface area contributed by atoms with Gasteiger partial charge in [0, 0.05) is 12.1 Å². The summed E-state index contributed by atoms with van der Waals surface area (Å²) < 4.78 is 5.86. The van der Waals surface area contributed by atoms with Crippen LogP contribution in [0.25, 0.3) is 0 Å². The van der Waals surface area contributed by atoms with Crippen molar-refractivity contribution in [2.75, 3.05) is 11.9 Å². The molecule has 2 aliphatic rings. The lowest BCUT2D eigenvalue weighted by Gasteiger charge is -2.27. The Morgan fingerprint density at radius 3 is 2.70 bits per heavy atom. The zero-order chi connectivity index (χ0) is 16.1. The molecule has 0 radical (unpaired) electrons.